The van der Waals surface area contributed by atoms with Crippen LogP contribution in [0.2, 0.25) is 0 Å². The molecule has 0 saturated heterocycles. The SMILES string of the molecule is CCC(C)n1c(S)cc(=O)n1C. The third kappa shape index (κ3) is 1.43. The lowest BCUT2D eigenvalue weighted by molar-refractivity contribution is 0.380. The van der Waals surface area contributed by atoms with Crippen molar-refractivity contribution in [3.63, 3.8) is 0 Å². The van der Waals surface area contributed by atoms with Gasteiger partial charge in [0.05, 0.1) is 5.03 Å². The molecule has 0 bridgehead atoms. The standard InChI is InChI=1S/C8H14N2OS/c1-4-6(2)10-8(12)5-7(11)9(10)3/h5-6,12H,4H2,1-3H3. The van der Waals surface area contributed by atoms with Crippen molar-refractivity contribution in [3.05, 3.63) is 16.4 Å². The van der Waals surface area contributed by atoms with Gasteiger partial charge in [0.1, 0.15) is 0 Å². The second-order valence-electron chi connectivity index (χ2n) is 2.97. The highest BCUT2D eigenvalue weighted by Crippen LogP contribution is 2.14. The maximum atomic E-state index is 11.2. The van der Waals surface area contributed by atoms with E-state index in [-0.39, 0.29) is 5.56 Å². The molecule has 0 N–H and O–H groups in total. The van der Waals surface area contributed by atoms with Gasteiger partial charge in [0.25, 0.3) is 5.56 Å². The molecule has 0 amide bonds. The second kappa shape index (κ2) is 3.39. The number of aromatic nitrogens is 2. The van der Waals surface area contributed by atoms with E-state index >= 15 is 0 Å². The van der Waals surface area contributed by atoms with Gasteiger partial charge in [-0.25, -0.2) is 0 Å². The number of hydrogen-bond donors (Lipinski definition) is 1. The summed E-state index contributed by atoms with van der Waals surface area (Å²) in [6.45, 7) is 4.15. The van der Waals surface area contributed by atoms with Gasteiger partial charge >= 0.3 is 0 Å². The predicted octanol–water partition coefficient (Wildman–Crippen LogP) is 1.45. The summed E-state index contributed by atoms with van der Waals surface area (Å²) in [7, 11) is 1.76. The summed E-state index contributed by atoms with van der Waals surface area (Å²) in [5.74, 6) is 0. The van der Waals surface area contributed by atoms with Crippen LogP contribution >= 0.6 is 12.6 Å². The molecule has 4 heteroatoms. The molecular weight excluding hydrogens is 172 g/mol. The summed E-state index contributed by atoms with van der Waals surface area (Å²) < 4.78 is 3.49. The van der Waals surface area contributed by atoms with Crippen molar-refractivity contribution in [2.45, 2.75) is 31.3 Å². The molecule has 0 aliphatic rings. The Hall–Kier alpha value is -0.640. The lowest BCUT2D eigenvalue weighted by Gasteiger charge is -2.15. The van der Waals surface area contributed by atoms with Gasteiger partial charge in [-0.1, -0.05) is 6.92 Å². The van der Waals surface area contributed by atoms with Crippen LogP contribution in [0, 0.1) is 0 Å². The molecule has 1 atom stereocenters. The lowest BCUT2D eigenvalue weighted by atomic mass is 10.3. The van der Waals surface area contributed by atoms with E-state index in [4.69, 9.17) is 0 Å². The summed E-state index contributed by atoms with van der Waals surface area (Å²) in [5, 5.41) is 0.733. The number of hydrogen-bond acceptors (Lipinski definition) is 2. The summed E-state index contributed by atoms with van der Waals surface area (Å²) in [4.78, 5) is 11.2. The molecule has 1 heterocycles. The molecule has 0 aliphatic heterocycles. The molecule has 1 aromatic heterocycles. The fourth-order valence-electron chi connectivity index (χ4n) is 1.22. The fraction of sp³-hybridized carbons (Fsp3) is 0.625. The molecule has 0 radical (unpaired) electrons. The van der Waals surface area contributed by atoms with Gasteiger partial charge in [0.15, 0.2) is 0 Å². The maximum absolute atomic E-state index is 11.2. The molecule has 12 heavy (non-hydrogen) atoms. The van der Waals surface area contributed by atoms with Crippen molar-refractivity contribution in [2.24, 2.45) is 7.05 Å². The minimum atomic E-state index is 0.000278. The molecular formula is C8H14N2OS. The molecule has 0 spiro atoms. The zero-order valence-electron chi connectivity index (χ0n) is 7.61. The van der Waals surface area contributed by atoms with Gasteiger partial charge in [-0.3, -0.25) is 14.2 Å². The molecule has 0 aliphatic carbocycles. The normalized spacial score (nSPS) is 13.3. The first kappa shape index (κ1) is 9.45. The van der Waals surface area contributed by atoms with Crippen LogP contribution in [0.25, 0.3) is 0 Å². The quantitative estimate of drug-likeness (QED) is 0.695. The van der Waals surface area contributed by atoms with Crippen molar-refractivity contribution >= 4 is 12.6 Å². The van der Waals surface area contributed by atoms with Crippen LogP contribution in [0.1, 0.15) is 26.3 Å². The lowest BCUT2D eigenvalue weighted by Crippen LogP contribution is -2.21. The third-order valence-corrected chi connectivity index (χ3v) is 2.47. The van der Waals surface area contributed by atoms with Gasteiger partial charge in [-0.15, -0.1) is 12.6 Å². The van der Waals surface area contributed by atoms with E-state index in [0.29, 0.717) is 6.04 Å². The largest absolute Gasteiger partial charge is 0.274 e. The van der Waals surface area contributed by atoms with Gasteiger partial charge < -0.3 is 0 Å². The Kier molecular flexibility index (Phi) is 2.67. The van der Waals surface area contributed by atoms with Gasteiger partial charge in [0.2, 0.25) is 0 Å². The zero-order valence-corrected chi connectivity index (χ0v) is 8.51. The molecule has 1 unspecified atom stereocenters. The smallest absolute Gasteiger partial charge is 0.267 e. The first-order valence-electron chi connectivity index (χ1n) is 4.05. The van der Waals surface area contributed by atoms with E-state index < -0.39 is 0 Å². The van der Waals surface area contributed by atoms with E-state index in [2.05, 4.69) is 26.5 Å². The van der Waals surface area contributed by atoms with Crippen LogP contribution in [-0.2, 0) is 7.05 Å². The zero-order chi connectivity index (χ0) is 9.30. The molecule has 0 fully saturated rings. The summed E-state index contributed by atoms with van der Waals surface area (Å²) in [5.41, 5.74) is 0.000278. The van der Waals surface area contributed by atoms with Crippen LogP contribution in [0.3, 0.4) is 0 Å². The summed E-state index contributed by atoms with van der Waals surface area (Å²) in [6.07, 6.45) is 0.996. The van der Waals surface area contributed by atoms with Crippen LogP contribution in [0.15, 0.2) is 15.9 Å². The highest BCUT2D eigenvalue weighted by atomic mass is 32.1. The Morgan fingerprint density at radius 2 is 2.25 bits per heavy atom. The van der Waals surface area contributed by atoms with E-state index in [1.165, 1.54) is 6.07 Å². The average Bonchev–Trinajstić information content (AvgIpc) is 2.26. The summed E-state index contributed by atoms with van der Waals surface area (Å²) >= 11 is 4.22. The van der Waals surface area contributed by atoms with Crippen molar-refractivity contribution in [1.29, 1.82) is 0 Å². The van der Waals surface area contributed by atoms with Crippen LogP contribution in [0.5, 0.6) is 0 Å². The number of rotatable bonds is 2. The van der Waals surface area contributed by atoms with Gasteiger partial charge in [0, 0.05) is 19.2 Å². The maximum Gasteiger partial charge on any atom is 0.267 e. The van der Waals surface area contributed by atoms with Gasteiger partial charge in [-0.2, -0.15) is 0 Å². The van der Waals surface area contributed by atoms with E-state index in [1.807, 2.05) is 4.68 Å². The van der Waals surface area contributed by atoms with Crippen molar-refractivity contribution < 1.29 is 0 Å². The van der Waals surface area contributed by atoms with E-state index in [1.54, 1.807) is 11.7 Å². The highest BCUT2D eigenvalue weighted by molar-refractivity contribution is 7.80. The highest BCUT2D eigenvalue weighted by Gasteiger charge is 2.09. The van der Waals surface area contributed by atoms with Crippen molar-refractivity contribution in [1.82, 2.24) is 9.36 Å². The Morgan fingerprint density at radius 1 is 1.67 bits per heavy atom. The monoisotopic (exact) mass is 186 g/mol. The molecule has 3 nitrogen and oxygen atoms in total. The molecule has 1 rings (SSSR count). The third-order valence-electron chi connectivity index (χ3n) is 2.14. The topological polar surface area (TPSA) is 26.9 Å². The Balaban J connectivity index is 3.22. The number of nitrogens with zero attached hydrogens (tertiary/aromatic N) is 2. The van der Waals surface area contributed by atoms with E-state index in [0.717, 1.165) is 11.4 Å². The molecule has 0 aromatic carbocycles. The fourth-order valence-corrected chi connectivity index (χ4v) is 1.67. The molecule has 0 saturated carbocycles. The van der Waals surface area contributed by atoms with Crippen LogP contribution < -0.4 is 5.56 Å². The second-order valence-corrected chi connectivity index (χ2v) is 3.42. The Bertz CT molecular complexity index is 326. The van der Waals surface area contributed by atoms with Crippen molar-refractivity contribution in [2.75, 3.05) is 0 Å². The minimum absolute atomic E-state index is 0.000278. The Morgan fingerprint density at radius 3 is 2.58 bits per heavy atom. The number of thiol groups is 1. The van der Waals surface area contributed by atoms with Crippen LogP contribution in [0.4, 0.5) is 0 Å². The van der Waals surface area contributed by atoms with E-state index in [9.17, 15) is 4.79 Å². The Labute approximate surface area is 77.4 Å². The minimum Gasteiger partial charge on any atom is -0.274 e. The first-order valence-corrected chi connectivity index (χ1v) is 4.50. The molecule has 1 aromatic rings. The van der Waals surface area contributed by atoms with Gasteiger partial charge in [-0.05, 0) is 13.3 Å². The van der Waals surface area contributed by atoms with Crippen molar-refractivity contribution in [3.8, 4) is 0 Å². The van der Waals surface area contributed by atoms with Crippen LogP contribution in [-0.4, -0.2) is 9.36 Å². The molecule has 68 valence electrons. The average molecular weight is 186 g/mol. The first-order chi connectivity index (χ1) is 5.57. The predicted molar refractivity (Wildman–Crippen MR) is 51.9 cm³/mol. The summed E-state index contributed by atoms with van der Waals surface area (Å²) in [6, 6.07) is 1.86.